The van der Waals surface area contributed by atoms with E-state index in [-0.39, 0.29) is 30.5 Å². The molecule has 7 nitrogen and oxygen atoms in total. The summed E-state index contributed by atoms with van der Waals surface area (Å²) in [6, 6.07) is 23.2. The van der Waals surface area contributed by atoms with Gasteiger partial charge in [0.2, 0.25) is 11.8 Å². The molecule has 3 aromatic carbocycles. The molecule has 2 heterocycles. The van der Waals surface area contributed by atoms with Gasteiger partial charge in [0.25, 0.3) is 11.1 Å². The topological polar surface area (TPSA) is 83.7 Å². The number of amides is 3. The lowest BCUT2D eigenvalue weighted by Crippen LogP contribution is -2.45. The van der Waals surface area contributed by atoms with Crippen LogP contribution in [0.1, 0.15) is 17.5 Å². The summed E-state index contributed by atoms with van der Waals surface area (Å²) in [5.41, 5.74) is 3.78. The standard InChI is InChI=1S/C27H23N3O4S/c1-18-11-13-20(14-12-18)30-24(31)15-22(26(30)33)29(16-19-7-3-2-4-8-19)25(32)17-35-27-28-21-9-5-6-10-23(21)34-27/h2-14,22H,15-17H2,1H3. The number of rotatable bonds is 7. The van der Waals surface area contributed by atoms with Crippen LogP contribution in [0.3, 0.4) is 0 Å². The number of carbonyl (C=O) groups excluding carboxylic acids is 3. The van der Waals surface area contributed by atoms with Gasteiger partial charge in [0.05, 0.1) is 17.9 Å². The number of aromatic nitrogens is 1. The zero-order valence-corrected chi connectivity index (χ0v) is 19.9. The summed E-state index contributed by atoms with van der Waals surface area (Å²) >= 11 is 1.17. The van der Waals surface area contributed by atoms with Crippen LogP contribution in [-0.4, -0.2) is 39.4 Å². The fraction of sp³-hybridized carbons (Fsp3) is 0.185. The maximum atomic E-state index is 13.4. The van der Waals surface area contributed by atoms with Crippen molar-refractivity contribution in [2.75, 3.05) is 10.7 Å². The van der Waals surface area contributed by atoms with Gasteiger partial charge in [0.1, 0.15) is 11.6 Å². The minimum atomic E-state index is -0.874. The van der Waals surface area contributed by atoms with E-state index in [9.17, 15) is 14.4 Å². The van der Waals surface area contributed by atoms with Crippen LogP contribution in [0.2, 0.25) is 0 Å². The van der Waals surface area contributed by atoms with Crippen molar-refractivity contribution in [1.82, 2.24) is 9.88 Å². The molecule has 1 unspecified atom stereocenters. The zero-order valence-electron chi connectivity index (χ0n) is 19.1. The van der Waals surface area contributed by atoms with Crippen molar-refractivity contribution < 1.29 is 18.8 Å². The second-order valence-electron chi connectivity index (χ2n) is 8.37. The van der Waals surface area contributed by atoms with E-state index in [2.05, 4.69) is 4.98 Å². The summed E-state index contributed by atoms with van der Waals surface area (Å²) in [4.78, 5) is 46.8. The highest BCUT2D eigenvalue weighted by Crippen LogP contribution is 2.29. The lowest BCUT2D eigenvalue weighted by atomic mass is 10.1. The highest BCUT2D eigenvalue weighted by molar-refractivity contribution is 7.99. The number of imide groups is 1. The first-order valence-electron chi connectivity index (χ1n) is 11.2. The van der Waals surface area contributed by atoms with Crippen LogP contribution in [0.15, 0.2) is 88.5 Å². The van der Waals surface area contributed by atoms with E-state index in [0.29, 0.717) is 22.0 Å². The van der Waals surface area contributed by atoms with E-state index >= 15 is 0 Å². The van der Waals surface area contributed by atoms with E-state index in [0.717, 1.165) is 11.1 Å². The maximum Gasteiger partial charge on any atom is 0.257 e. The molecule has 0 spiro atoms. The predicted octanol–water partition coefficient (Wildman–Crippen LogP) is 4.59. The summed E-state index contributed by atoms with van der Waals surface area (Å²) < 4.78 is 5.72. The number of anilines is 1. The molecule has 4 aromatic rings. The minimum Gasteiger partial charge on any atom is -0.431 e. The summed E-state index contributed by atoms with van der Waals surface area (Å²) in [7, 11) is 0. The Balaban J connectivity index is 1.38. The Labute approximate surface area is 206 Å². The van der Waals surface area contributed by atoms with Gasteiger partial charge in [0.15, 0.2) is 5.58 Å². The number of thioether (sulfide) groups is 1. The second kappa shape index (κ2) is 9.76. The van der Waals surface area contributed by atoms with Gasteiger partial charge < -0.3 is 9.32 Å². The van der Waals surface area contributed by atoms with Crippen molar-refractivity contribution in [1.29, 1.82) is 0 Å². The lowest BCUT2D eigenvalue weighted by molar-refractivity contribution is -0.136. The number of para-hydroxylation sites is 2. The second-order valence-corrected chi connectivity index (χ2v) is 9.29. The van der Waals surface area contributed by atoms with Crippen LogP contribution >= 0.6 is 11.8 Å². The first-order valence-corrected chi connectivity index (χ1v) is 12.2. The fourth-order valence-corrected chi connectivity index (χ4v) is 4.82. The molecule has 5 rings (SSSR count). The normalized spacial score (nSPS) is 15.7. The van der Waals surface area contributed by atoms with Crippen LogP contribution in [0.5, 0.6) is 0 Å². The molecule has 35 heavy (non-hydrogen) atoms. The number of benzene rings is 3. The molecule has 1 saturated heterocycles. The Bertz CT molecular complexity index is 1350. The monoisotopic (exact) mass is 485 g/mol. The molecule has 1 atom stereocenters. The molecule has 0 N–H and O–H groups in total. The highest BCUT2D eigenvalue weighted by Gasteiger charge is 2.44. The van der Waals surface area contributed by atoms with Gasteiger partial charge in [-0.15, -0.1) is 0 Å². The SMILES string of the molecule is Cc1ccc(N2C(=O)CC(N(Cc3ccccc3)C(=O)CSc3nc4ccccc4o3)C2=O)cc1. The molecule has 1 aliphatic heterocycles. The van der Waals surface area contributed by atoms with Gasteiger partial charge >= 0.3 is 0 Å². The molecule has 0 saturated carbocycles. The fourth-order valence-electron chi connectivity index (χ4n) is 4.10. The number of nitrogens with zero attached hydrogens (tertiary/aromatic N) is 3. The number of hydrogen-bond donors (Lipinski definition) is 0. The predicted molar refractivity (Wildman–Crippen MR) is 134 cm³/mol. The largest absolute Gasteiger partial charge is 0.431 e. The van der Waals surface area contributed by atoms with Crippen molar-refractivity contribution >= 4 is 46.3 Å². The molecule has 176 valence electrons. The number of aryl methyl sites for hydroxylation is 1. The van der Waals surface area contributed by atoms with E-state index in [1.807, 2.05) is 73.7 Å². The molecule has 1 fully saturated rings. The molecule has 3 amide bonds. The van der Waals surface area contributed by atoms with Crippen molar-refractivity contribution in [3.05, 3.63) is 90.0 Å². The number of fused-ring (bicyclic) bond motifs is 1. The average molecular weight is 486 g/mol. The van der Waals surface area contributed by atoms with Gasteiger partial charge in [-0.05, 0) is 36.8 Å². The summed E-state index contributed by atoms with van der Waals surface area (Å²) in [6.45, 7) is 2.16. The Hall–Kier alpha value is -3.91. The zero-order chi connectivity index (χ0) is 24.4. The number of carbonyl (C=O) groups is 3. The highest BCUT2D eigenvalue weighted by atomic mass is 32.2. The van der Waals surface area contributed by atoms with Crippen LogP contribution in [0.25, 0.3) is 11.1 Å². The van der Waals surface area contributed by atoms with Crippen molar-refractivity contribution in [3.63, 3.8) is 0 Å². The van der Waals surface area contributed by atoms with E-state index in [1.54, 1.807) is 12.1 Å². The smallest absolute Gasteiger partial charge is 0.257 e. The lowest BCUT2D eigenvalue weighted by Gasteiger charge is -2.27. The third-order valence-corrected chi connectivity index (χ3v) is 6.71. The molecular formula is C27H23N3O4S. The van der Waals surface area contributed by atoms with Crippen molar-refractivity contribution in [2.45, 2.75) is 31.2 Å². The van der Waals surface area contributed by atoms with Crippen LogP contribution in [0.4, 0.5) is 5.69 Å². The molecule has 1 aromatic heterocycles. The number of hydrogen-bond acceptors (Lipinski definition) is 6. The first-order chi connectivity index (χ1) is 17.0. The molecular weight excluding hydrogens is 462 g/mol. The third-order valence-electron chi connectivity index (χ3n) is 5.90. The molecule has 0 radical (unpaired) electrons. The van der Waals surface area contributed by atoms with Gasteiger partial charge in [0, 0.05) is 6.54 Å². The Morgan fingerprint density at radius 1 is 1.03 bits per heavy atom. The van der Waals surface area contributed by atoms with Gasteiger partial charge in [-0.25, -0.2) is 9.88 Å². The third kappa shape index (κ3) is 4.83. The Kier molecular flexibility index (Phi) is 6.37. The van der Waals surface area contributed by atoms with Gasteiger partial charge in [-0.1, -0.05) is 71.9 Å². The Morgan fingerprint density at radius 2 is 1.74 bits per heavy atom. The summed E-state index contributed by atoms with van der Waals surface area (Å²) in [5, 5.41) is 0.384. The van der Waals surface area contributed by atoms with Crippen molar-refractivity contribution in [3.8, 4) is 0 Å². The van der Waals surface area contributed by atoms with Crippen LogP contribution in [0, 0.1) is 6.92 Å². The number of oxazole rings is 1. The van der Waals surface area contributed by atoms with Gasteiger partial charge in [-0.3, -0.25) is 14.4 Å². The molecule has 1 aliphatic rings. The van der Waals surface area contributed by atoms with E-state index in [4.69, 9.17) is 4.42 Å². The quantitative estimate of drug-likeness (QED) is 0.281. The molecule has 8 heteroatoms. The van der Waals surface area contributed by atoms with Crippen LogP contribution < -0.4 is 4.90 Å². The average Bonchev–Trinajstić information content (AvgIpc) is 3.42. The first kappa shape index (κ1) is 22.9. The molecule has 0 bridgehead atoms. The van der Waals surface area contributed by atoms with E-state index in [1.165, 1.54) is 21.6 Å². The summed E-state index contributed by atoms with van der Waals surface area (Å²) in [6.07, 6.45) is -0.0567. The maximum absolute atomic E-state index is 13.4. The Morgan fingerprint density at radius 3 is 2.49 bits per heavy atom. The van der Waals surface area contributed by atoms with Crippen LogP contribution in [-0.2, 0) is 20.9 Å². The van der Waals surface area contributed by atoms with Crippen molar-refractivity contribution in [2.24, 2.45) is 0 Å². The summed E-state index contributed by atoms with van der Waals surface area (Å²) in [5.74, 6) is -0.948. The minimum absolute atomic E-state index is 0.0299. The van der Waals surface area contributed by atoms with E-state index < -0.39 is 11.9 Å². The molecule has 0 aliphatic carbocycles. The van der Waals surface area contributed by atoms with Gasteiger partial charge in [-0.2, -0.15) is 0 Å².